The summed E-state index contributed by atoms with van der Waals surface area (Å²) in [7, 11) is 14.7. The molecule has 13 rings (SSSR count). The zero-order valence-electron chi connectivity index (χ0n) is 35.4. The summed E-state index contributed by atoms with van der Waals surface area (Å²) in [5.41, 5.74) is 19.5. The molecule has 1 aromatic heterocycles. The molecule has 4 radical (unpaired) electrons. The molecule has 0 atom stereocenters. The van der Waals surface area contributed by atoms with Crippen LogP contribution in [-0.2, 0) is 16.0 Å². The van der Waals surface area contributed by atoms with E-state index in [2.05, 4.69) is 175 Å². The summed E-state index contributed by atoms with van der Waals surface area (Å²) in [5, 5.41) is 1.56. The largest absolute Gasteiger partial charge is 0.456 e. The zero-order valence-corrected chi connectivity index (χ0v) is 35.4. The molecule has 4 aliphatic rings. The highest BCUT2D eigenvalue weighted by Gasteiger charge is 2.53. The molecule has 2 nitrogen and oxygen atoms in total. The maximum Gasteiger partial charge on any atom is 0.137 e. The Morgan fingerprint density at radius 3 is 1.70 bits per heavy atom. The summed E-state index contributed by atoms with van der Waals surface area (Å²) in [4.78, 5) is 2.48. The van der Waals surface area contributed by atoms with E-state index in [1.807, 2.05) is 6.07 Å². The number of rotatable bonds is 6. The maximum atomic E-state index is 7.37. The molecular formula is C59H45B2NO. The van der Waals surface area contributed by atoms with E-state index < -0.39 is 5.41 Å². The summed E-state index contributed by atoms with van der Waals surface area (Å²) < 4.78 is 6.61. The molecule has 4 aliphatic carbocycles. The van der Waals surface area contributed by atoms with Gasteiger partial charge in [-0.25, -0.2) is 0 Å². The highest BCUT2D eigenvalue weighted by molar-refractivity contribution is 6.17. The number of nitrogens with zero attached hydrogens (tertiary/aromatic N) is 1. The lowest BCUT2D eigenvalue weighted by atomic mass is 9.61. The molecule has 2 saturated carbocycles. The average Bonchev–Trinajstić information content (AvgIpc) is 4.17. The molecule has 0 unspecified atom stereocenters. The predicted octanol–water partition coefficient (Wildman–Crippen LogP) is 14.9. The van der Waals surface area contributed by atoms with Crippen molar-refractivity contribution in [3.05, 3.63) is 209 Å². The first-order chi connectivity index (χ1) is 30.9. The summed E-state index contributed by atoms with van der Waals surface area (Å²) in [6.45, 7) is 0. The van der Waals surface area contributed by atoms with E-state index in [0.29, 0.717) is 0 Å². The molecule has 8 aromatic carbocycles. The van der Waals surface area contributed by atoms with Gasteiger partial charge in [-0.1, -0.05) is 202 Å². The van der Waals surface area contributed by atoms with Crippen molar-refractivity contribution in [3.63, 3.8) is 0 Å². The van der Waals surface area contributed by atoms with Crippen molar-refractivity contribution < 1.29 is 4.42 Å². The fourth-order valence-electron chi connectivity index (χ4n) is 12.4. The molecule has 1 heterocycles. The number of hydrogen-bond acceptors (Lipinski definition) is 2. The quantitative estimate of drug-likeness (QED) is 0.156. The van der Waals surface area contributed by atoms with Crippen molar-refractivity contribution in [2.45, 2.75) is 67.4 Å². The fraction of sp³-hybridized carbons (Fsp3) is 0.186. The Morgan fingerprint density at radius 2 is 0.984 bits per heavy atom. The van der Waals surface area contributed by atoms with E-state index in [0.717, 1.165) is 101 Å². The first-order valence-corrected chi connectivity index (χ1v) is 22.9. The van der Waals surface area contributed by atoms with Crippen LogP contribution in [-0.4, -0.2) is 15.7 Å². The van der Waals surface area contributed by atoms with E-state index in [9.17, 15) is 0 Å². The number of fused-ring (bicyclic) bond motifs is 13. The highest BCUT2D eigenvalue weighted by Crippen LogP contribution is 2.66. The fourth-order valence-corrected chi connectivity index (χ4v) is 12.4. The normalized spacial score (nSPS) is 17.2. The second-order valence-corrected chi connectivity index (χ2v) is 18.7. The molecule has 298 valence electrons. The molecule has 4 heteroatoms. The van der Waals surface area contributed by atoms with Crippen molar-refractivity contribution >= 4 is 54.7 Å². The monoisotopic (exact) mass is 805 g/mol. The van der Waals surface area contributed by atoms with Gasteiger partial charge in [0, 0.05) is 33.7 Å². The van der Waals surface area contributed by atoms with Crippen LogP contribution in [0.4, 0.5) is 17.1 Å². The van der Waals surface area contributed by atoms with Crippen molar-refractivity contribution in [2.75, 3.05) is 4.90 Å². The Morgan fingerprint density at radius 1 is 0.413 bits per heavy atom. The van der Waals surface area contributed by atoms with Gasteiger partial charge in [0.2, 0.25) is 0 Å². The van der Waals surface area contributed by atoms with Gasteiger partial charge in [-0.2, -0.15) is 0 Å². The van der Waals surface area contributed by atoms with Gasteiger partial charge >= 0.3 is 0 Å². The van der Waals surface area contributed by atoms with Crippen LogP contribution in [0.3, 0.4) is 0 Å². The number of furan rings is 1. The number of benzene rings is 8. The SMILES string of the molecule is [B]C1(c2ccc3c(c2)C2(c4cc(C5([B])CCCC5)ccc4-3)c3ccccc3-c3c(N(c4ccc5c(c4)oc4ccccc45)c4ccccc4-c4ccccc4)cccc32)CCCC1. The second-order valence-electron chi connectivity index (χ2n) is 18.7. The van der Waals surface area contributed by atoms with Crippen LogP contribution in [0.15, 0.2) is 180 Å². The van der Waals surface area contributed by atoms with Crippen LogP contribution < -0.4 is 4.90 Å². The molecule has 63 heavy (non-hydrogen) atoms. The summed E-state index contributed by atoms with van der Waals surface area (Å²) >= 11 is 0. The zero-order chi connectivity index (χ0) is 41.9. The Hall–Kier alpha value is -6.51. The second kappa shape index (κ2) is 13.7. The first kappa shape index (κ1) is 37.1. The molecule has 1 spiro atoms. The van der Waals surface area contributed by atoms with E-state index in [1.165, 1.54) is 55.6 Å². The first-order valence-electron chi connectivity index (χ1n) is 22.9. The Bertz CT molecular complexity index is 3220. The van der Waals surface area contributed by atoms with E-state index in [4.69, 9.17) is 20.1 Å². The standard InChI is InChI=1S/C59H45B2NO/c60-57(31-10-11-32-57)39-25-28-43-44-29-26-40(58(61)33-12-13-34-58)36-51(44)59(50(43)35-39)48-20-7-4-19-47(48)56-49(59)21-14-23-53(56)62(52-22-8-5-17-42(52)38-15-2-1-3-16-38)41-27-30-46-45-18-6-9-24-54(45)63-55(46)37-41/h1-9,14-30,35-37H,10-13,31-34H2. The minimum atomic E-state index is -0.587. The minimum absolute atomic E-state index is 0.336. The van der Waals surface area contributed by atoms with Gasteiger partial charge in [-0.05, 0) is 85.5 Å². The molecular weight excluding hydrogens is 760 g/mol. The van der Waals surface area contributed by atoms with E-state index >= 15 is 0 Å². The lowest BCUT2D eigenvalue weighted by Gasteiger charge is -2.34. The summed E-state index contributed by atoms with van der Waals surface area (Å²) in [5.74, 6) is 0. The van der Waals surface area contributed by atoms with E-state index in [-0.39, 0.29) is 10.6 Å². The van der Waals surface area contributed by atoms with Crippen LogP contribution in [0, 0.1) is 0 Å². The Balaban J connectivity index is 1.12. The summed E-state index contributed by atoms with van der Waals surface area (Å²) in [6, 6.07) is 65.3. The predicted molar refractivity (Wildman–Crippen MR) is 262 cm³/mol. The molecule has 9 aromatic rings. The van der Waals surface area contributed by atoms with Gasteiger partial charge < -0.3 is 9.32 Å². The number of anilines is 3. The smallest absolute Gasteiger partial charge is 0.137 e. The summed E-state index contributed by atoms with van der Waals surface area (Å²) in [6.07, 6.45) is 8.68. The minimum Gasteiger partial charge on any atom is -0.456 e. The van der Waals surface area contributed by atoms with Crippen LogP contribution >= 0.6 is 0 Å². The van der Waals surface area contributed by atoms with Gasteiger partial charge in [-0.3, -0.25) is 0 Å². The van der Waals surface area contributed by atoms with Crippen molar-refractivity contribution in [3.8, 4) is 33.4 Å². The molecule has 0 bridgehead atoms. The molecule has 2 fully saturated rings. The highest BCUT2D eigenvalue weighted by atomic mass is 16.3. The number of hydrogen-bond donors (Lipinski definition) is 0. The van der Waals surface area contributed by atoms with Crippen LogP contribution in [0.1, 0.15) is 84.7 Å². The van der Waals surface area contributed by atoms with Gasteiger partial charge in [0.05, 0.1) is 32.5 Å². The Kier molecular flexibility index (Phi) is 8.09. The van der Waals surface area contributed by atoms with Crippen LogP contribution in [0.5, 0.6) is 0 Å². The topological polar surface area (TPSA) is 16.4 Å². The van der Waals surface area contributed by atoms with Gasteiger partial charge in [0.15, 0.2) is 0 Å². The van der Waals surface area contributed by atoms with Crippen LogP contribution in [0.2, 0.25) is 0 Å². The molecule has 0 saturated heterocycles. The Labute approximate surface area is 372 Å². The molecule has 0 N–H and O–H groups in total. The lowest BCUT2D eigenvalue weighted by molar-refractivity contribution is 0.630. The molecule has 0 amide bonds. The van der Waals surface area contributed by atoms with Crippen LogP contribution in [0.25, 0.3) is 55.3 Å². The van der Waals surface area contributed by atoms with Crippen molar-refractivity contribution in [1.29, 1.82) is 0 Å². The van der Waals surface area contributed by atoms with Gasteiger partial charge in [0.1, 0.15) is 11.2 Å². The maximum absolute atomic E-state index is 7.37. The third-order valence-corrected chi connectivity index (χ3v) is 15.4. The van der Waals surface area contributed by atoms with Crippen molar-refractivity contribution in [1.82, 2.24) is 0 Å². The van der Waals surface area contributed by atoms with E-state index in [1.54, 1.807) is 0 Å². The van der Waals surface area contributed by atoms with Gasteiger partial charge in [0.25, 0.3) is 0 Å². The van der Waals surface area contributed by atoms with Gasteiger partial charge in [-0.15, -0.1) is 0 Å². The molecule has 0 aliphatic heterocycles. The lowest BCUT2D eigenvalue weighted by Crippen LogP contribution is -2.29. The average molecular weight is 806 g/mol. The third-order valence-electron chi connectivity index (χ3n) is 15.4. The van der Waals surface area contributed by atoms with Crippen molar-refractivity contribution in [2.24, 2.45) is 0 Å². The third kappa shape index (κ3) is 5.27. The number of para-hydroxylation sites is 2.